The topological polar surface area (TPSA) is 77.8 Å². The van der Waals surface area contributed by atoms with Gasteiger partial charge in [0.05, 0.1) is 0 Å². The Morgan fingerprint density at radius 3 is 1.45 bits per heavy atom. The summed E-state index contributed by atoms with van der Waals surface area (Å²) >= 11 is 0. The van der Waals surface area contributed by atoms with Gasteiger partial charge in [0.2, 0.25) is 0 Å². The summed E-state index contributed by atoms with van der Waals surface area (Å²) < 4.78 is 0. The van der Waals surface area contributed by atoms with E-state index in [1.54, 1.807) is 0 Å². The average molecular weight is 390 g/mol. The molecule has 0 aromatic rings. The molecule has 0 aliphatic carbocycles. The molecule has 132 valence electrons. The van der Waals surface area contributed by atoms with Crippen molar-refractivity contribution < 1.29 is 19.8 Å². The van der Waals surface area contributed by atoms with E-state index in [-0.39, 0.29) is 0 Å². The van der Waals surface area contributed by atoms with Crippen molar-refractivity contribution >= 4 is 55.1 Å². The van der Waals surface area contributed by atoms with E-state index < -0.39 is 11.9 Å². The van der Waals surface area contributed by atoms with Gasteiger partial charge in [0.15, 0.2) is 0 Å². The molecule has 0 atom stereocenters. The highest BCUT2D eigenvalue weighted by Gasteiger charge is 2.11. The number of carboxylic acid groups (broad SMARTS) is 2. The van der Waals surface area contributed by atoms with Gasteiger partial charge >= 0.3 is 11.9 Å². The number of carboxylic acids is 2. The van der Waals surface area contributed by atoms with Crippen molar-refractivity contribution in [3.8, 4) is 0 Å². The fourth-order valence-corrected chi connectivity index (χ4v) is 6.17. The number of carbonyl (C=O) groups is 2. The van der Waals surface area contributed by atoms with Crippen LogP contribution in [0, 0.1) is 0 Å². The zero-order valence-corrected chi connectivity index (χ0v) is 16.9. The van der Waals surface area contributed by atoms with Gasteiger partial charge in [0.25, 0.3) is 0 Å². The van der Waals surface area contributed by atoms with Crippen LogP contribution in [0.15, 0.2) is 0 Å². The molecule has 0 rings (SSSR count). The highest BCUT2D eigenvalue weighted by Crippen LogP contribution is 2.28. The quantitative estimate of drug-likeness (QED) is 0.313. The third kappa shape index (κ3) is 18.3. The summed E-state index contributed by atoms with van der Waals surface area (Å²) in [7, 11) is 12.5. The first-order valence-corrected chi connectivity index (χ1v) is 12.0. The molecule has 0 saturated carbocycles. The van der Waals surface area contributed by atoms with Crippen LogP contribution in [0.4, 0.5) is 0 Å². The highest BCUT2D eigenvalue weighted by molar-refractivity contribution is 8.77. The molecule has 0 spiro atoms. The summed E-state index contributed by atoms with van der Waals surface area (Å²) in [6.45, 7) is 4.49. The summed E-state index contributed by atoms with van der Waals surface area (Å²) in [6.07, 6.45) is 2.57. The smallest absolute Gasteiger partial charge is 0.414 e. The third-order valence-electron chi connectivity index (χ3n) is 2.18. The van der Waals surface area contributed by atoms with Crippen molar-refractivity contribution in [1.29, 1.82) is 0 Å². The van der Waals surface area contributed by atoms with Gasteiger partial charge in [-0.25, -0.2) is 9.59 Å². The van der Waals surface area contributed by atoms with Crippen molar-refractivity contribution in [3.63, 3.8) is 0 Å². The van der Waals surface area contributed by atoms with Crippen LogP contribution in [0.5, 0.6) is 0 Å². The maximum Gasteiger partial charge on any atom is 0.414 e. The van der Waals surface area contributed by atoms with E-state index in [0.29, 0.717) is 6.04 Å². The fourth-order valence-electron chi connectivity index (χ4n) is 0.884. The average Bonchev–Trinajstić information content (AvgIpc) is 2.45. The van der Waals surface area contributed by atoms with Crippen molar-refractivity contribution in [1.82, 2.24) is 4.90 Å². The summed E-state index contributed by atoms with van der Waals surface area (Å²) in [5.41, 5.74) is 0. The minimum Gasteiger partial charge on any atom is -0.473 e. The number of aliphatic carboxylic acids is 2. The molecule has 0 radical (unpaired) electrons. The molecule has 0 unspecified atom stereocenters. The van der Waals surface area contributed by atoms with E-state index in [1.807, 2.05) is 43.2 Å². The first-order valence-electron chi connectivity index (χ1n) is 6.98. The van der Waals surface area contributed by atoms with Crippen LogP contribution in [-0.2, 0) is 9.59 Å². The van der Waals surface area contributed by atoms with Crippen LogP contribution < -0.4 is 0 Å². The molecular weight excluding hydrogens is 362 g/mol. The predicted molar refractivity (Wildman–Crippen MR) is 103 cm³/mol. The van der Waals surface area contributed by atoms with E-state index in [1.165, 1.54) is 35.9 Å². The third-order valence-corrected chi connectivity index (χ3v) is 7.52. The Hall–Kier alpha value is 0.300. The lowest BCUT2D eigenvalue weighted by Crippen LogP contribution is -2.32. The molecule has 0 aromatic heterocycles. The molecule has 2 N–H and O–H groups in total. The zero-order valence-electron chi connectivity index (χ0n) is 13.6. The van der Waals surface area contributed by atoms with Gasteiger partial charge in [-0.05, 0) is 26.9 Å². The Labute approximate surface area is 149 Å². The van der Waals surface area contributed by atoms with Crippen molar-refractivity contribution in [3.05, 3.63) is 0 Å². The molecule has 5 nitrogen and oxygen atoms in total. The van der Waals surface area contributed by atoms with Crippen molar-refractivity contribution in [2.45, 2.75) is 32.7 Å². The Morgan fingerprint density at radius 2 is 1.23 bits per heavy atom. The SMILES string of the molecule is CCCSSCC(CSSCCC)N(C)C.O=C(O)C(=O)O. The lowest BCUT2D eigenvalue weighted by Gasteiger charge is -2.23. The van der Waals surface area contributed by atoms with Crippen molar-refractivity contribution in [2.75, 3.05) is 37.1 Å². The second-order valence-corrected chi connectivity index (χ2v) is 9.70. The van der Waals surface area contributed by atoms with Crippen LogP contribution >= 0.6 is 43.2 Å². The van der Waals surface area contributed by atoms with E-state index in [0.717, 1.165) is 0 Å². The van der Waals surface area contributed by atoms with Crippen LogP contribution in [0.1, 0.15) is 26.7 Å². The molecule has 0 aliphatic rings. The Bertz CT molecular complexity index is 269. The van der Waals surface area contributed by atoms with E-state index in [4.69, 9.17) is 19.8 Å². The minimum absolute atomic E-state index is 0.712. The molecule has 0 fully saturated rings. The second kappa shape index (κ2) is 17.7. The van der Waals surface area contributed by atoms with Gasteiger partial charge in [0.1, 0.15) is 0 Å². The van der Waals surface area contributed by atoms with Crippen molar-refractivity contribution in [2.24, 2.45) is 0 Å². The standard InChI is InChI=1S/C11H25NS4.C2H2O4/c1-5-7-13-15-9-11(12(3)4)10-16-14-8-6-2;3-1(4)2(5)6/h11H,5-10H2,1-4H3;(H,3,4)(H,5,6). The molecule has 22 heavy (non-hydrogen) atoms. The first-order chi connectivity index (χ1) is 10.4. The number of hydrogen-bond acceptors (Lipinski definition) is 7. The molecule has 0 aromatic carbocycles. The van der Waals surface area contributed by atoms with Gasteiger partial charge in [-0.2, -0.15) is 0 Å². The van der Waals surface area contributed by atoms with Crippen LogP contribution in [-0.4, -0.2) is 70.2 Å². The largest absolute Gasteiger partial charge is 0.473 e. The Kier molecular flexibility index (Phi) is 19.7. The summed E-state index contributed by atoms with van der Waals surface area (Å²) in [5.74, 6) is 1.41. The van der Waals surface area contributed by atoms with E-state index in [9.17, 15) is 0 Å². The summed E-state index contributed by atoms with van der Waals surface area (Å²) in [4.78, 5) is 20.6. The van der Waals surface area contributed by atoms with Gasteiger partial charge in [-0.3, -0.25) is 0 Å². The number of nitrogens with zero attached hydrogens (tertiary/aromatic N) is 1. The molecule has 9 heteroatoms. The van der Waals surface area contributed by atoms with Crippen LogP contribution in [0.3, 0.4) is 0 Å². The number of rotatable bonds is 11. The first kappa shape index (κ1) is 24.6. The lowest BCUT2D eigenvalue weighted by atomic mass is 10.4. The maximum atomic E-state index is 9.10. The van der Waals surface area contributed by atoms with Gasteiger partial charge in [0, 0.05) is 29.1 Å². The Balaban J connectivity index is 0. The zero-order chi connectivity index (χ0) is 17.4. The van der Waals surface area contributed by atoms with Gasteiger partial charge in [-0.1, -0.05) is 57.0 Å². The molecule has 0 aliphatic heterocycles. The maximum absolute atomic E-state index is 9.10. The van der Waals surface area contributed by atoms with Gasteiger partial charge in [-0.15, -0.1) is 0 Å². The van der Waals surface area contributed by atoms with Crippen LogP contribution in [0.2, 0.25) is 0 Å². The normalized spacial score (nSPS) is 10.5. The second-order valence-electron chi connectivity index (χ2n) is 4.44. The molecule has 0 heterocycles. The Morgan fingerprint density at radius 1 is 0.864 bits per heavy atom. The van der Waals surface area contributed by atoms with Crippen LogP contribution in [0.25, 0.3) is 0 Å². The monoisotopic (exact) mass is 389 g/mol. The highest BCUT2D eigenvalue weighted by atomic mass is 33.1. The minimum atomic E-state index is -1.82. The lowest BCUT2D eigenvalue weighted by molar-refractivity contribution is -0.159. The van der Waals surface area contributed by atoms with E-state index >= 15 is 0 Å². The summed E-state index contributed by atoms with van der Waals surface area (Å²) in [5, 5.41) is 14.8. The summed E-state index contributed by atoms with van der Waals surface area (Å²) in [6, 6.07) is 0.712. The fraction of sp³-hybridized carbons (Fsp3) is 0.846. The van der Waals surface area contributed by atoms with E-state index in [2.05, 4.69) is 32.8 Å². The molecule has 0 saturated heterocycles. The number of hydrogen-bond donors (Lipinski definition) is 2. The predicted octanol–water partition coefficient (Wildman–Crippen LogP) is 3.66. The van der Waals surface area contributed by atoms with Gasteiger partial charge < -0.3 is 15.1 Å². The molecular formula is C13H27NO4S4. The molecule has 0 amide bonds. The molecule has 0 bridgehead atoms.